The van der Waals surface area contributed by atoms with Gasteiger partial charge in [-0.05, 0) is 41.7 Å². The van der Waals surface area contributed by atoms with Crippen molar-refractivity contribution in [2.24, 2.45) is 0 Å². The van der Waals surface area contributed by atoms with E-state index in [0.29, 0.717) is 50.2 Å². The van der Waals surface area contributed by atoms with E-state index in [1.807, 2.05) is 11.8 Å². The topological polar surface area (TPSA) is 426 Å². The molecule has 0 radical (unpaired) electrons. The van der Waals surface area contributed by atoms with Gasteiger partial charge in [-0.25, -0.2) is 9.48 Å². The molecule has 454 valence electrons. The van der Waals surface area contributed by atoms with Crippen LogP contribution in [0.2, 0.25) is 0 Å². The van der Waals surface area contributed by atoms with Crippen LogP contribution >= 0.6 is 11.8 Å². The Kier molecular flexibility index (Phi) is 27.0. The minimum absolute atomic E-state index is 0. The summed E-state index contributed by atoms with van der Waals surface area (Å²) in [4.78, 5) is 61.8. The van der Waals surface area contributed by atoms with Gasteiger partial charge in [0.25, 0.3) is 0 Å². The van der Waals surface area contributed by atoms with E-state index in [1.165, 1.54) is 23.0 Å². The number of carbonyl (C=O) groups excluding carboxylic acids is 5. The number of carboxylic acid groups (broad SMARTS) is 1. The van der Waals surface area contributed by atoms with Crippen molar-refractivity contribution in [1.82, 2.24) is 41.6 Å². The zero-order valence-electron chi connectivity index (χ0n) is 45.8. The second-order valence-electron chi connectivity index (χ2n) is 20.1. The summed E-state index contributed by atoms with van der Waals surface area (Å²) in [7, 11) is 0. The molecular weight excluding hydrogens is 1130 g/mol. The number of ether oxygens (including phenoxy) is 7. The van der Waals surface area contributed by atoms with Crippen LogP contribution in [0.4, 0.5) is 4.79 Å². The molecule has 0 saturated carbocycles. The van der Waals surface area contributed by atoms with E-state index >= 15 is 0 Å². The third kappa shape index (κ3) is 19.7. The Morgan fingerprint density at radius 2 is 1.55 bits per heavy atom. The number of aromatic nitrogens is 3. The number of carboxylic acids is 1. The average molecular weight is 1200 g/mol. The maximum Gasteiger partial charge on any atom is 1.00 e. The van der Waals surface area contributed by atoms with Gasteiger partial charge in [-0.2, -0.15) is 11.8 Å². The molecule has 0 bridgehead atoms. The summed E-state index contributed by atoms with van der Waals surface area (Å²) in [6.07, 6.45) is -13.6. The smallest absolute Gasteiger partial charge is 0.544 e. The van der Waals surface area contributed by atoms with Gasteiger partial charge < -0.3 is 110 Å². The molecule has 29 nitrogen and oxygen atoms in total. The fraction of sp³-hybridized carbons (Fsp3) is 0.635. The van der Waals surface area contributed by atoms with Crippen molar-refractivity contribution in [3.05, 3.63) is 66.0 Å². The Bertz CT molecular complexity index is 2530. The molecule has 0 unspecified atom stereocenters. The molecule has 4 aliphatic rings. The number of phenols is 1. The number of nitrogens with one attached hydrogen (secondary N) is 5. The monoisotopic (exact) mass is 1200 g/mol. The Balaban J connectivity index is 0.0000111. The summed E-state index contributed by atoms with van der Waals surface area (Å²) >= 11 is 1.86. The van der Waals surface area contributed by atoms with Crippen molar-refractivity contribution < 1.29 is 133 Å². The maximum atomic E-state index is 12.9. The third-order valence-corrected chi connectivity index (χ3v) is 15.6. The van der Waals surface area contributed by atoms with Gasteiger partial charge in [0, 0.05) is 36.9 Å². The fourth-order valence-electron chi connectivity index (χ4n) is 9.63. The SMILES string of the molecule is O=C(CCCC[C@@H]1SC[C@@H]2NC(=O)N[C@@H]21)NCCOCCOCCOCCn1cc(CO[C@@H]2O[C@H](CO[C@]3(C(=O)[O-])C[C@H](O)[C@@H](NC(=O)CO)[C@H]([C@H](O)[C@H](O)CNC(=O)Cc4ccc(-c5ccc(O)cc5)cc4)O3)[C@H](O)[C@H](O)[C@H]2O)nn1.[Na+]. The number of hydrogen-bond acceptors (Lipinski definition) is 24. The molecule has 4 aliphatic heterocycles. The minimum atomic E-state index is -2.99. The van der Waals surface area contributed by atoms with Crippen LogP contribution in [-0.4, -0.2) is 242 Å². The maximum absolute atomic E-state index is 12.9. The zero-order chi connectivity index (χ0) is 58.8. The van der Waals surface area contributed by atoms with Crippen LogP contribution in [0, 0.1) is 0 Å². The summed E-state index contributed by atoms with van der Waals surface area (Å²) < 4.78 is 40.8. The molecule has 5 amide bonds. The van der Waals surface area contributed by atoms with Crippen LogP contribution in [0.5, 0.6) is 5.75 Å². The summed E-state index contributed by atoms with van der Waals surface area (Å²) in [6.45, 7) is -0.536. The normalized spacial score (nSPS) is 27.3. The van der Waals surface area contributed by atoms with Crippen molar-refractivity contribution in [2.75, 3.05) is 71.7 Å². The molecule has 5 heterocycles. The molecule has 31 heteroatoms. The van der Waals surface area contributed by atoms with Crippen molar-refractivity contribution in [3.63, 3.8) is 0 Å². The summed E-state index contributed by atoms with van der Waals surface area (Å²) in [5, 5.41) is 120. The molecular formula is C52H73N8NaO21S. The molecule has 3 aromatic rings. The Hall–Kier alpha value is -4.68. The van der Waals surface area contributed by atoms with Crippen molar-refractivity contribution in [1.29, 1.82) is 0 Å². The van der Waals surface area contributed by atoms with Crippen molar-refractivity contribution in [3.8, 4) is 16.9 Å². The molecule has 0 spiro atoms. The van der Waals surface area contributed by atoms with Gasteiger partial charge in [0.1, 0.15) is 60.6 Å². The number of thioether (sulfide) groups is 1. The van der Waals surface area contributed by atoms with E-state index in [9.17, 15) is 69.9 Å². The summed E-state index contributed by atoms with van der Waals surface area (Å²) in [5.41, 5.74) is 2.48. The summed E-state index contributed by atoms with van der Waals surface area (Å²) in [6, 6.07) is 12.0. The minimum Gasteiger partial charge on any atom is -0.544 e. The Morgan fingerprint density at radius 3 is 2.25 bits per heavy atom. The third-order valence-electron chi connectivity index (χ3n) is 14.1. The van der Waals surface area contributed by atoms with E-state index in [2.05, 4.69) is 36.9 Å². The number of aliphatic hydroxyl groups excluding tert-OH is 7. The second kappa shape index (κ2) is 33.3. The van der Waals surface area contributed by atoms with Gasteiger partial charge in [-0.3, -0.25) is 14.4 Å². The van der Waals surface area contributed by atoms with Crippen LogP contribution < -0.4 is 61.2 Å². The number of urea groups is 1. The number of fused-ring (bicyclic) bond motifs is 1. The largest absolute Gasteiger partial charge is 1.00 e. The molecule has 0 aliphatic carbocycles. The molecule has 83 heavy (non-hydrogen) atoms. The number of unbranched alkanes of at least 4 members (excludes halogenated alkanes) is 1. The molecule has 13 N–H and O–H groups in total. The predicted molar refractivity (Wildman–Crippen MR) is 281 cm³/mol. The van der Waals surface area contributed by atoms with Crippen LogP contribution in [0.3, 0.4) is 0 Å². The number of carbonyl (C=O) groups is 5. The Labute approximate surface area is 503 Å². The van der Waals surface area contributed by atoms with E-state index in [1.54, 1.807) is 36.4 Å². The van der Waals surface area contributed by atoms with Gasteiger partial charge in [0.15, 0.2) is 6.29 Å². The number of benzene rings is 2. The van der Waals surface area contributed by atoms with E-state index in [0.717, 1.165) is 36.1 Å². The number of rotatable bonds is 33. The van der Waals surface area contributed by atoms with E-state index in [-0.39, 0.29) is 97.8 Å². The molecule has 1 aromatic heterocycles. The van der Waals surface area contributed by atoms with Gasteiger partial charge in [0.05, 0.1) is 102 Å². The fourth-order valence-corrected chi connectivity index (χ4v) is 11.2. The number of aliphatic hydroxyl groups is 7. The number of hydrogen-bond donors (Lipinski definition) is 13. The first kappa shape index (κ1) is 67.4. The number of phenolic OH excluding ortho intramolecular Hbond substituents is 1. The molecule has 7 rings (SSSR count). The molecule has 4 fully saturated rings. The van der Waals surface area contributed by atoms with Gasteiger partial charge in [-0.15, -0.1) is 5.10 Å². The predicted octanol–water partition coefficient (Wildman–Crippen LogP) is -7.96. The van der Waals surface area contributed by atoms with Crippen LogP contribution in [0.15, 0.2) is 54.7 Å². The number of nitrogens with zero attached hydrogens (tertiary/aromatic N) is 3. The van der Waals surface area contributed by atoms with Crippen LogP contribution in [0.25, 0.3) is 11.1 Å². The summed E-state index contributed by atoms with van der Waals surface area (Å²) in [5.74, 6) is -5.80. The Morgan fingerprint density at radius 1 is 0.867 bits per heavy atom. The van der Waals surface area contributed by atoms with Crippen LogP contribution in [-0.2, 0) is 71.9 Å². The van der Waals surface area contributed by atoms with Gasteiger partial charge in [0.2, 0.25) is 23.5 Å². The molecule has 14 atom stereocenters. The standard InChI is InChI=1S/C52H74N8O21S.Na/c61-25-41(67)56-43-35(63)22-52(50(72)73,81-48(43)44(68)36(64)23-54-40(66)21-29-5-7-30(8-6-29)31-9-11-33(62)12-10-31)79-27-37-45(69)46(70)47(71)49(80-37)78-26-32-24-60(59-58-32)14-16-76-18-20-77-19-17-75-15-13-53-39(65)4-2-1-3-38-42-34(28-82-38)55-51(74)57-42;/h5-12,24,34-38,42-49,61-64,68-71H,1-4,13-23,25-28H2,(H,53,65)(H,54,66)(H,56,67)(H,72,73)(H2,55,57,74);/q;+1/p-1/t34-,35-,36+,37+,38-,42-,43+,44+,45-,46-,47+,48+,49+,52+;/m0./s1. The molecule has 4 saturated heterocycles. The first-order valence-corrected chi connectivity index (χ1v) is 28.0. The van der Waals surface area contributed by atoms with Gasteiger partial charge in [-0.1, -0.05) is 48.0 Å². The van der Waals surface area contributed by atoms with Crippen LogP contribution in [0.1, 0.15) is 43.4 Å². The van der Waals surface area contributed by atoms with Gasteiger partial charge >= 0.3 is 35.6 Å². The first-order valence-electron chi connectivity index (χ1n) is 26.9. The van der Waals surface area contributed by atoms with E-state index < -0.39 is 111 Å². The second-order valence-corrected chi connectivity index (χ2v) is 21.4. The average Bonchev–Trinajstić information content (AvgIpc) is 3.37. The van der Waals surface area contributed by atoms with Crippen molar-refractivity contribution in [2.45, 2.75) is 136 Å². The zero-order valence-corrected chi connectivity index (χ0v) is 48.6. The number of aliphatic carboxylic acids is 1. The number of aromatic hydroxyl groups is 1. The number of amides is 5. The van der Waals surface area contributed by atoms with E-state index in [4.69, 9.17) is 33.2 Å². The first-order chi connectivity index (χ1) is 39.4. The quantitative estimate of drug-likeness (QED) is 0.0153. The van der Waals surface area contributed by atoms with Crippen molar-refractivity contribution >= 4 is 41.5 Å². The molecule has 2 aromatic carbocycles.